The van der Waals surface area contributed by atoms with E-state index < -0.39 is 5.60 Å². The highest BCUT2D eigenvalue weighted by Crippen LogP contribution is 2.17. The first-order valence-corrected chi connectivity index (χ1v) is 7.14. The fourth-order valence-electron chi connectivity index (χ4n) is 2.01. The second-order valence-electron chi connectivity index (χ2n) is 5.09. The molecule has 3 nitrogen and oxygen atoms in total. The van der Waals surface area contributed by atoms with Crippen LogP contribution in [-0.4, -0.2) is 60.3 Å². The maximum absolute atomic E-state index is 10.6. The molecule has 0 heterocycles. The van der Waals surface area contributed by atoms with Gasteiger partial charge in [-0.05, 0) is 45.9 Å². The normalized spacial score (nSPS) is 15.5. The van der Waals surface area contributed by atoms with Gasteiger partial charge in [0.2, 0.25) is 0 Å². The third-order valence-electron chi connectivity index (χ3n) is 3.66. The lowest BCUT2D eigenvalue weighted by atomic mass is 9.95. The van der Waals surface area contributed by atoms with Crippen LogP contribution in [0.15, 0.2) is 0 Å². The van der Waals surface area contributed by atoms with Gasteiger partial charge in [0.05, 0.1) is 5.60 Å². The molecule has 0 aliphatic carbocycles. The molecule has 0 aromatic carbocycles. The molecule has 0 rings (SSSR count). The van der Waals surface area contributed by atoms with Crippen molar-refractivity contribution >= 4 is 0 Å². The molecule has 0 spiro atoms. The van der Waals surface area contributed by atoms with Gasteiger partial charge in [-0.3, -0.25) is 0 Å². The summed E-state index contributed by atoms with van der Waals surface area (Å²) in [5, 5.41) is 10.6. The highest BCUT2D eigenvalue weighted by Gasteiger charge is 2.26. The van der Waals surface area contributed by atoms with Gasteiger partial charge in [0, 0.05) is 13.1 Å². The molecule has 104 valence electrons. The van der Waals surface area contributed by atoms with Crippen molar-refractivity contribution in [2.45, 2.75) is 52.6 Å². The molecule has 0 amide bonds. The molecule has 1 atom stereocenters. The van der Waals surface area contributed by atoms with Crippen molar-refractivity contribution in [3.05, 3.63) is 0 Å². The maximum atomic E-state index is 10.6. The molecule has 0 radical (unpaired) electrons. The van der Waals surface area contributed by atoms with Gasteiger partial charge < -0.3 is 14.9 Å². The molecule has 0 saturated carbocycles. The smallest absolute Gasteiger partial charge is 0.0783 e. The molecule has 17 heavy (non-hydrogen) atoms. The highest BCUT2D eigenvalue weighted by molar-refractivity contribution is 4.81. The molecule has 1 N–H and O–H groups in total. The lowest BCUT2D eigenvalue weighted by molar-refractivity contribution is -0.0115. The second-order valence-corrected chi connectivity index (χ2v) is 5.09. The molecule has 0 aromatic heterocycles. The van der Waals surface area contributed by atoms with Gasteiger partial charge in [0.15, 0.2) is 0 Å². The average Bonchev–Trinajstić information content (AvgIpc) is 2.35. The number of aliphatic hydroxyl groups is 1. The molecule has 0 fully saturated rings. The van der Waals surface area contributed by atoms with Gasteiger partial charge >= 0.3 is 0 Å². The molecule has 1 unspecified atom stereocenters. The van der Waals surface area contributed by atoms with Crippen LogP contribution in [0.1, 0.15) is 47.0 Å². The summed E-state index contributed by atoms with van der Waals surface area (Å²) in [6.45, 7) is 13.6. The van der Waals surface area contributed by atoms with Gasteiger partial charge in [-0.2, -0.15) is 0 Å². The van der Waals surface area contributed by atoms with Crippen LogP contribution in [0.2, 0.25) is 0 Å². The molecule has 0 aliphatic rings. The summed E-state index contributed by atoms with van der Waals surface area (Å²) in [5.41, 5.74) is -0.519. The molecular weight excluding hydrogens is 212 g/mol. The number of hydrogen-bond donors (Lipinski definition) is 1. The fraction of sp³-hybridized carbons (Fsp3) is 1.00. The minimum Gasteiger partial charge on any atom is -0.389 e. The predicted octanol–water partition coefficient (Wildman–Crippen LogP) is 2.20. The Morgan fingerprint density at radius 2 is 1.65 bits per heavy atom. The van der Waals surface area contributed by atoms with Gasteiger partial charge in [-0.25, -0.2) is 0 Å². The summed E-state index contributed by atoms with van der Waals surface area (Å²) in [4.78, 5) is 4.62. The Kier molecular flexibility index (Phi) is 8.83. The topological polar surface area (TPSA) is 26.7 Å². The second kappa shape index (κ2) is 8.90. The van der Waals surface area contributed by atoms with Crippen LogP contribution in [0.25, 0.3) is 0 Å². The SMILES string of the molecule is CCCN(CC)CC(O)(CC)CCN(C)CC. The first-order valence-electron chi connectivity index (χ1n) is 7.14. The minimum absolute atomic E-state index is 0.519. The van der Waals surface area contributed by atoms with E-state index in [1.807, 2.05) is 0 Å². The highest BCUT2D eigenvalue weighted by atomic mass is 16.3. The van der Waals surface area contributed by atoms with Crippen molar-refractivity contribution in [2.24, 2.45) is 0 Å². The van der Waals surface area contributed by atoms with Crippen molar-refractivity contribution in [2.75, 3.05) is 39.8 Å². The lowest BCUT2D eigenvalue weighted by Gasteiger charge is -2.34. The summed E-state index contributed by atoms with van der Waals surface area (Å²) in [7, 11) is 2.11. The van der Waals surface area contributed by atoms with Gasteiger partial charge in [0.1, 0.15) is 0 Å². The summed E-state index contributed by atoms with van der Waals surface area (Å²) in [6.07, 6.45) is 2.86. The first-order chi connectivity index (χ1) is 8.01. The van der Waals surface area contributed by atoms with Crippen molar-refractivity contribution in [1.29, 1.82) is 0 Å². The average molecular weight is 244 g/mol. The Morgan fingerprint density at radius 3 is 2.06 bits per heavy atom. The number of rotatable bonds is 10. The summed E-state index contributed by atoms with van der Waals surface area (Å²) >= 11 is 0. The van der Waals surface area contributed by atoms with Crippen LogP contribution < -0.4 is 0 Å². The Balaban J connectivity index is 4.23. The Hall–Kier alpha value is -0.120. The number of nitrogens with zero attached hydrogens (tertiary/aromatic N) is 2. The number of likely N-dealkylation sites (N-methyl/N-ethyl adjacent to an activating group) is 1. The van der Waals surface area contributed by atoms with Crippen LogP contribution in [0, 0.1) is 0 Å². The molecule has 0 saturated heterocycles. The van der Waals surface area contributed by atoms with Crippen LogP contribution in [-0.2, 0) is 0 Å². The minimum atomic E-state index is -0.519. The molecule has 0 aliphatic heterocycles. The summed E-state index contributed by atoms with van der Waals surface area (Å²) in [6, 6.07) is 0. The largest absolute Gasteiger partial charge is 0.389 e. The molecule has 0 bridgehead atoms. The predicted molar refractivity (Wildman–Crippen MR) is 75.4 cm³/mol. The van der Waals surface area contributed by atoms with E-state index in [2.05, 4.69) is 44.5 Å². The Bertz CT molecular complexity index is 187. The van der Waals surface area contributed by atoms with E-state index in [4.69, 9.17) is 0 Å². The fourth-order valence-corrected chi connectivity index (χ4v) is 2.01. The Labute approximate surface area is 108 Å². The zero-order valence-corrected chi connectivity index (χ0v) is 12.5. The van der Waals surface area contributed by atoms with Gasteiger partial charge in [-0.1, -0.05) is 27.7 Å². The summed E-state index contributed by atoms with van der Waals surface area (Å²) in [5.74, 6) is 0. The lowest BCUT2D eigenvalue weighted by Crippen LogP contribution is -2.44. The van der Waals surface area contributed by atoms with Crippen molar-refractivity contribution < 1.29 is 5.11 Å². The first kappa shape index (κ1) is 16.9. The van der Waals surface area contributed by atoms with Crippen LogP contribution in [0.3, 0.4) is 0 Å². The van der Waals surface area contributed by atoms with Gasteiger partial charge in [0.25, 0.3) is 0 Å². The van der Waals surface area contributed by atoms with Crippen LogP contribution in [0.5, 0.6) is 0 Å². The molecule has 0 aromatic rings. The standard InChI is InChI=1S/C14H32N2O/c1-6-11-16(9-4)13-14(17,7-2)10-12-15(5)8-3/h17H,6-13H2,1-5H3. The van der Waals surface area contributed by atoms with E-state index in [0.717, 1.165) is 52.0 Å². The molecular formula is C14H32N2O. The zero-order chi connectivity index (χ0) is 13.3. The maximum Gasteiger partial charge on any atom is 0.0783 e. The monoisotopic (exact) mass is 244 g/mol. The third-order valence-corrected chi connectivity index (χ3v) is 3.66. The van der Waals surface area contributed by atoms with Crippen LogP contribution >= 0.6 is 0 Å². The molecule has 3 heteroatoms. The zero-order valence-electron chi connectivity index (χ0n) is 12.5. The van der Waals surface area contributed by atoms with Crippen LogP contribution in [0.4, 0.5) is 0 Å². The van der Waals surface area contributed by atoms with Gasteiger partial charge in [-0.15, -0.1) is 0 Å². The third kappa shape index (κ3) is 7.02. The number of hydrogen-bond acceptors (Lipinski definition) is 3. The Morgan fingerprint density at radius 1 is 1.00 bits per heavy atom. The van der Waals surface area contributed by atoms with Crippen molar-refractivity contribution in [3.8, 4) is 0 Å². The summed E-state index contributed by atoms with van der Waals surface area (Å²) < 4.78 is 0. The van der Waals surface area contributed by atoms with E-state index in [0.29, 0.717) is 0 Å². The van der Waals surface area contributed by atoms with E-state index in [9.17, 15) is 5.11 Å². The van der Waals surface area contributed by atoms with E-state index in [-0.39, 0.29) is 0 Å². The quantitative estimate of drug-likeness (QED) is 0.638. The van der Waals surface area contributed by atoms with Crippen molar-refractivity contribution in [3.63, 3.8) is 0 Å². The van der Waals surface area contributed by atoms with E-state index >= 15 is 0 Å². The van der Waals surface area contributed by atoms with E-state index in [1.165, 1.54) is 0 Å². The van der Waals surface area contributed by atoms with E-state index in [1.54, 1.807) is 0 Å². The van der Waals surface area contributed by atoms with Crippen molar-refractivity contribution in [1.82, 2.24) is 9.80 Å².